The molecule has 0 aromatic rings. The third kappa shape index (κ3) is 770. The van der Waals surface area contributed by atoms with Gasteiger partial charge < -0.3 is 58.7 Å². The molecule has 0 aliphatic rings. The molecular formula is Eu4O18P6+6. The van der Waals surface area contributed by atoms with E-state index >= 15 is 0 Å². The fourth-order valence-electron chi connectivity index (χ4n) is 0. The van der Waals surface area contributed by atoms with E-state index in [1.54, 1.807) is 0 Å². The number of hydrogen-bond acceptors (Lipinski definition) is 18. The van der Waals surface area contributed by atoms with Gasteiger partial charge in [0.25, 0.3) is 49.5 Å². The van der Waals surface area contributed by atoms with Crippen molar-refractivity contribution in [3.63, 3.8) is 0 Å². The molecule has 0 fully saturated rings. The van der Waals surface area contributed by atoms with E-state index in [9.17, 15) is 0 Å². The Kier molecular flexibility index (Phi) is 136. The van der Waals surface area contributed by atoms with Crippen molar-refractivity contribution in [3.05, 3.63) is 0 Å². The van der Waals surface area contributed by atoms with Crippen LogP contribution >= 0.6 is 49.5 Å². The maximum atomic E-state index is 8.48. The molecule has 0 rings (SSSR count). The number of rotatable bonds is 0. The molecule has 160 valence electrons. The molecule has 0 amide bonds. The van der Waals surface area contributed by atoms with Gasteiger partial charge in [-0.2, -0.15) is 0 Å². The Morgan fingerprint density at radius 3 is 0.250 bits per heavy atom. The maximum absolute atomic E-state index is 8.48. The summed E-state index contributed by atoms with van der Waals surface area (Å²) in [5.74, 6) is 0. The molecule has 0 saturated heterocycles. The standard InChI is InChI=1S/4Eu.6HO3P/c;;;;6*1-4(2)3/h;;;;6*(H,1,2,3)/q4*+3;;;;;;/p-6. The van der Waals surface area contributed by atoms with E-state index in [2.05, 4.69) is 0 Å². The predicted molar refractivity (Wildman–Crippen MR) is 45.6 cm³/mol. The van der Waals surface area contributed by atoms with Gasteiger partial charge in [0, 0.05) is 0 Å². The monoisotopic (exact) mass is 1090 g/mol. The van der Waals surface area contributed by atoms with Gasteiger partial charge in [-0.15, -0.1) is 0 Å². The zero-order valence-corrected chi connectivity index (χ0v) is 26.6. The summed E-state index contributed by atoms with van der Waals surface area (Å²) >= 11 is 0. The van der Waals surface area contributed by atoms with Crippen LogP contribution < -0.4 is 58.7 Å². The van der Waals surface area contributed by atoms with Crippen LogP contribution in [0, 0.1) is 198 Å². The first-order valence-electron chi connectivity index (χ1n) is 3.29. The molecule has 0 N–H and O–H groups in total. The van der Waals surface area contributed by atoms with Gasteiger partial charge in [0.15, 0.2) is 0 Å². The molecule has 0 aromatic carbocycles. The topological polar surface area (TPSA) is 379 Å². The summed E-state index contributed by atoms with van der Waals surface area (Å²) < 4.78 is 50.9. The Hall–Kier alpha value is 6.46. The fourth-order valence-corrected chi connectivity index (χ4v) is 0. The van der Waals surface area contributed by atoms with Crippen LogP contribution in [0.25, 0.3) is 0 Å². The van der Waals surface area contributed by atoms with E-state index in [4.69, 9.17) is 86.1 Å². The first-order valence-corrected chi connectivity index (χ1v) is 9.86. The molecule has 0 spiro atoms. The zero-order chi connectivity index (χ0) is 21.5. The molecule has 0 aromatic heterocycles. The van der Waals surface area contributed by atoms with Crippen molar-refractivity contribution >= 4 is 49.5 Å². The minimum absolute atomic E-state index is 0. The molecule has 18 nitrogen and oxygen atoms in total. The first kappa shape index (κ1) is 64.5. The third-order valence-electron chi connectivity index (χ3n) is 0. The second-order valence-corrected chi connectivity index (χ2v) is 4.02. The van der Waals surface area contributed by atoms with Crippen LogP contribution in [-0.2, 0) is 27.4 Å². The third-order valence-corrected chi connectivity index (χ3v) is 0. The summed E-state index contributed by atoms with van der Waals surface area (Å²) in [4.78, 5) is 102. The van der Waals surface area contributed by atoms with Crippen LogP contribution in [0.5, 0.6) is 0 Å². The summed E-state index contributed by atoms with van der Waals surface area (Å²) in [5.41, 5.74) is 0. The quantitative estimate of drug-likeness (QED) is 0.203. The minimum atomic E-state index is -3.37. The van der Waals surface area contributed by atoms with Gasteiger partial charge in [0.2, 0.25) is 0 Å². The van der Waals surface area contributed by atoms with Gasteiger partial charge in [-0.05, 0) is 0 Å². The minimum Gasteiger partial charge on any atom is -0.598 e. The molecule has 0 aliphatic carbocycles. The molecular weight excluding hydrogens is 1080 g/mol. The van der Waals surface area contributed by atoms with Gasteiger partial charge in [0.1, 0.15) is 0 Å². The summed E-state index contributed by atoms with van der Waals surface area (Å²) in [5, 5.41) is 0. The molecule has 0 atom stereocenters. The number of hydrogen-bond donors (Lipinski definition) is 0. The SMILES string of the molecule is O=[P+]([O-])[O-].O=[P+]([O-])[O-].O=[P+]([O-])[O-].O=[P+]([O-])[O-].O=[P+]([O-])[O-].O=[P+]([O-])[O-].[Eu+3].[Eu+3].[Eu+3].[Eu+3]. The van der Waals surface area contributed by atoms with Crippen LogP contribution in [0.4, 0.5) is 0 Å². The van der Waals surface area contributed by atoms with Crippen molar-refractivity contribution < 1.29 is 284 Å². The van der Waals surface area contributed by atoms with Crippen molar-refractivity contribution in [1.29, 1.82) is 0 Å². The molecule has 0 unspecified atom stereocenters. The van der Waals surface area contributed by atoms with E-state index in [1.165, 1.54) is 0 Å². The summed E-state index contributed by atoms with van der Waals surface area (Å²) in [6.45, 7) is 0. The Morgan fingerprint density at radius 2 is 0.250 bits per heavy atom. The average molecular weight is 1080 g/mol. The molecule has 0 heterocycles. The van der Waals surface area contributed by atoms with Crippen molar-refractivity contribution in [2.24, 2.45) is 0 Å². The molecule has 0 saturated carbocycles. The Morgan fingerprint density at radius 1 is 0.250 bits per heavy atom. The zero-order valence-electron chi connectivity index (χ0n) is 11.5. The van der Waals surface area contributed by atoms with Crippen LogP contribution in [0.2, 0.25) is 0 Å². The van der Waals surface area contributed by atoms with E-state index in [1.807, 2.05) is 0 Å². The predicted octanol–water partition coefficient (Wildman–Crippen LogP) is -9.81. The molecule has 28 heteroatoms. The molecule has 28 heavy (non-hydrogen) atoms. The van der Waals surface area contributed by atoms with Gasteiger partial charge in [0.05, 0.1) is 0 Å². The van der Waals surface area contributed by atoms with Gasteiger partial charge in [-0.1, -0.05) is 27.4 Å². The van der Waals surface area contributed by atoms with Gasteiger partial charge in [-0.25, -0.2) is 0 Å². The molecule has 0 radical (unpaired) electrons. The summed E-state index contributed by atoms with van der Waals surface area (Å²) in [6, 6.07) is 0. The van der Waals surface area contributed by atoms with Crippen molar-refractivity contribution in [2.75, 3.05) is 0 Å². The van der Waals surface area contributed by atoms with E-state index in [0.717, 1.165) is 0 Å². The Bertz CT molecular complexity index is 267. The van der Waals surface area contributed by atoms with Gasteiger partial charge in [-0.3, -0.25) is 0 Å². The Labute approximate surface area is 324 Å². The smallest absolute Gasteiger partial charge is 0.598 e. The van der Waals surface area contributed by atoms with Crippen LogP contribution in [0.1, 0.15) is 0 Å². The molecule has 0 aliphatic heterocycles. The summed E-state index contributed by atoms with van der Waals surface area (Å²) in [7, 11) is -20.2. The fraction of sp³-hybridized carbons (Fsp3) is 0. The van der Waals surface area contributed by atoms with Crippen molar-refractivity contribution in [1.82, 2.24) is 0 Å². The van der Waals surface area contributed by atoms with Crippen LogP contribution in [0.3, 0.4) is 0 Å². The van der Waals surface area contributed by atoms with E-state index in [-0.39, 0.29) is 198 Å². The van der Waals surface area contributed by atoms with E-state index in [0.29, 0.717) is 0 Å². The average Bonchev–Trinajstić information content (AvgIpc) is 2.08. The second kappa shape index (κ2) is 58.9. The van der Waals surface area contributed by atoms with Crippen LogP contribution in [-0.4, -0.2) is 0 Å². The van der Waals surface area contributed by atoms with Crippen molar-refractivity contribution in [2.45, 2.75) is 0 Å². The Balaban J connectivity index is -0.0000000169. The van der Waals surface area contributed by atoms with E-state index < -0.39 is 49.5 Å². The van der Waals surface area contributed by atoms with Gasteiger partial charge >= 0.3 is 198 Å². The normalized spacial score (nSPS) is 5.57. The van der Waals surface area contributed by atoms with Crippen LogP contribution in [0.15, 0.2) is 0 Å². The first-order chi connectivity index (χ1) is 10.4. The van der Waals surface area contributed by atoms with Crippen molar-refractivity contribution in [3.8, 4) is 0 Å². The summed E-state index contributed by atoms with van der Waals surface area (Å²) in [6.07, 6.45) is 0. The second-order valence-electron chi connectivity index (χ2n) is 1.34. The molecule has 0 bridgehead atoms. The maximum Gasteiger partial charge on any atom is 3.00 e. The largest absolute Gasteiger partial charge is 3.00 e.